The second-order valence-electron chi connectivity index (χ2n) is 4.89. The zero-order chi connectivity index (χ0) is 13.8. The Morgan fingerprint density at radius 3 is 3.16 bits per heavy atom. The number of hydrogen-bond donors (Lipinski definition) is 0. The van der Waals surface area contributed by atoms with Crippen LogP contribution in [0.15, 0.2) is 11.4 Å². The molecule has 1 aliphatic rings. The third-order valence-electron chi connectivity index (χ3n) is 3.55. The van der Waals surface area contributed by atoms with Crippen molar-refractivity contribution in [2.75, 3.05) is 26.7 Å². The summed E-state index contributed by atoms with van der Waals surface area (Å²) >= 11 is 1.79. The van der Waals surface area contributed by atoms with E-state index in [2.05, 4.69) is 24.4 Å². The van der Waals surface area contributed by atoms with E-state index in [9.17, 15) is 4.79 Å². The molecule has 102 valence electrons. The van der Waals surface area contributed by atoms with Crippen LogP contribution in [-0.2, 0) is 11.2 Å². The summed E-state index contributed by atoms with van der Waals surface area (Å²) in [6.45, 7) is 3.53. The number of nitrogens with zero attached hydrogens (tertiary/aromatic N) is 3. The molecule has 4 nitrogen and oxygen atoms in total. The van der Waals surface area contributed by atoms with E-state index in [0.717, 1.165) is 19.4 Å². The van der Waals surface area contributed by atoms with E-state index in [1.165, 1.54) is 10.4 Å². The van der Waals surface area contributed by atoms with Crippen LogP contribution in [0, 0.1) is 11.3 Å². The van der Waals surface area contributed by atoms with Crippen LogP contribution in [0.3, 0.4) is 0 Å². The lowest BCUT2D eigenvalue weighted by molar-refractivity contribution is -0.135. The number of fused-ring (bicyclic) bond motifs is 1. The summed E-state index contributed by atoms with van der Waals surface area (Å²) in [5.41, 5.74) is 1.31. The normalized spacial score (nSPS) is 18.2. The lowest BCUT2D eigenvalue weighted by Crippen LogP contribution is -2.44. The number of likely N-dealkylation sites (N-methyl/N-ethyl adjacent to an activating group) is 1. The van der Waals surface area contributed by atoms with Gasteiger partial charge in [-0.3, -0.25) is 9.69 Å². The molecule has 1 atom stereocenters. The van der Waals surface area contributed by atoms with Gasteiger partial charge in [0, 0.05) is 11.4 Å². The molecule has 0 bridgehead atoms. The molecule has 0 spiro atoms. The molecule has 0 N–H and O–H groups in total. The molecular formula is C14H19N3OS. The van der Waals surface area contributed by atoms with Gasteiger partial charge < -0.3 is 4.90 Å². The first-order valence-electron chi connectivity index (χ1n) is 6.58. The first kappa shape index (κ1) is 14.0. The van der Waals surface area contributed by atoms with Crippen LogP contribution in [0.4, 0.5) is 0 Å². The van der Waals surface area contributed by atoms with Crippen molar-refractivity contribution in [3.05, 3.63) is 21.9 Å². The molecule has 0 radical (unpaired) electrons. The summed E-state index contributed by atoms with van der Waals surface area (Å²) < 4.78 is 0. The molecule has 5 heteroatoms. The average molecular weight is 277 g/mol. The van der Waals surface area contributed by atoms with E-state index in [4.69, 9.17) is 5.26 Å². The SMILES string of the molecule is CCC1c2ccsc2CCN1C(=O)CN(C)CC#N. The number of thiophene rings is 1. The first-order chi connectivity index (χ1) is 9.17. The van der Waals surface area contributed by atoms with Crippen molar-refractivity contribution in [2.45, 2.75) is 25.8 Å². The predicted molar refractivity (Wildman–Crippen MR) is 75.9 cm³/mol. The highest BCUT2D eigenvalue weighted by Gasteiger charge is 2.30. The van der Waals surface area contributed by atoms with Gasteiger partial charge in [0.1, 0.15) is 0 Å². The highest BCUT2D eigenvalue weighted by atomic mass is 32.1. The summed E-state index contributed by atoms with van der Waals surface area (Å²) in [6, 6.07) is 4.42. The minimum atomic E-state index is 0.126. The van der Waals surface area contributed by atoms with Gasteiger partial charge in [-0.2, -0.15) is 5.26 Å². The Labute approximate surface area is 118 Å². The van der Waals surface area contributed by atoms with Gasteiger partial charge in [0.15, 0.2) is 0 Å². The maximum Gasteiger partial charge on any atom is 0.237 e. The zero-order valence-electron chi connectivity index (χ0n) is 11.4. The summed E-state index contributed by atoms with van der Waals surface area (Å²) in [5.74, 6) is 0.126. The molecular weight excluding hydrogens is 258 g/mol. The minimum absolute atomic E-state index is 0.126. The van der Waals surface area contributed by atoms with Crippen LogP contribution < -0.4 is 0 Å². The molecule has 1 aliphatic heterocycles. The summed E-state index contributed by atoms with van der Waals surface area (Å²) in [6.07, 6.45) is 1.90. The zero-order valence-corrected chi connectivity index (χ0v) is 12.2. The standard InChI is InChI=1S/C14H19N3OS/c1-3-12-11-5-9-19-13(11)4-7-17(12)14(18)10-16(2)8-6-15/h5,9,12H,3-4,7-8,10H2,1-2H3. The Morgan fingerprint density at radius 1 is 1.68 bits per heavy atom. The Morgan fingerprint density at radius 2 is 2.47 bits per heavy atom. The summed E-state index contributed by atoms with van der Waals surface area (Å²) in [4.78, 5) is 17.5. The number of carbonyl (C=O) groups excluding carboxylic acids is 1. The van der Waals surface area contributed by atoms with E-state index in [1.54, 1.807) is 16.2 Å². The lowest BCUT2D eigenvalue weighted by atomic mass is 9.98. The fourth-order valence-electron chi connectivity index (χ4n) is 2.63. The van der Waals surface area contributed by atoms with E-state index >= 15 is 0 Å². The fraction of sp³-hybridized carbons (Fsp3) is 0.571. The van der Waals surface area contributed by atoms with Crippen LogP contribution >= 0.6 is 11.3 Å². The van der Waals surface area contributed by atoms with Gasteiger partial charge in [0.05, 0.1) is 25.2 Å². The molecule has 0 saturated carbocycles. The van der Waals surface area contributed by atoms with Gasteiger partial charge in [0.25, 0.3) is 0 Å². The molecule has 2 rings (SSSR count). The molecule has 1 amide bonds. The van der Waals surface area contributed by atoms with Crippen LogP contribution in [-0.4, -0.2) is 42.4 Å². The number of rotatable bonds is 4. The smallest absolute Gasteiger partial charge is 0.237 e. The lowest BCUT2D eigenvalue weighted by Gasteiger charge is -2.36. The molecule has 19 heavy (non-hydrogen) atoms. The Bertz CT molecular complexity index is 491. The van der Waals surface area contributed by atoms with Gasteiger partial charge >= 0.3 is 0 Å². The molecule has 1 unspecified atom stereocenters. The van der Waals surface area contributed by atoms with E-state index in [0.29, 0.717) is 13.1 Å². The molecule has 2 heterocycles. The topological polar surface area (TPSA) is 47.3 Å². The van der Waals surface area contributed by atoms with E-state index < -0.39 is 0 Å². The molecule has 0 aromatic carbocycles. The monoisotopic (exact) mass is 277 g/mol. The second-order valence-corrected chi connectivity index (χ2v) is 5.89. The average Bonchev–Trinajstić information content (AvgIpc) is 2.85. The Balaban J connectivity index is 2.09. The maximum atomic E-state index is 12.4. The molecule has 0 saturated heterocycles. The van der Waals surface area contributed by atoms with Gasteiger partial charge in [-0.1, -0.05) is 6.92 Å². The summed E-state index contributed by atoms with van der Waals surface area (Å²) in [5, 5.41) is 10.8. The van der Waals surface area contributed by atoms with Crippen molar-refractivity contribution in [2.24, 2.45) is 0 Å². The Kier molecular flexibility index (Phi) is 4.56. The van der Waals surface area contributed by atoms with Crippen LogP contribution in [0.1, 0.15) is 29.8 Å². The molecule has 0 aliphatic carbocycles. The van der Waals surface area contributed by atoms with Crippen molar-refractivity contribution in [1.29, 1.82) is 5.26 Å². The van der Waals surface area contributed by atoms with Crippen molar-refractivity contribution in [3.63, 3.8) is 0 Å². The summed E-state index contributed by atoms with van der Waals surface area (Å²) in [7, 11) is 1.81. The van der Waals surface area contributed by atoms with E-state index in [1.807, 2.05) is 11.9 Å². The van der Waals surface area contributed by atoms with Crippen molar-refractivity contribution in [1.82, 2.24) is 9.80 Å². The number of nitriles is 1. The van der Waals surface area contributed by atoms with Crippen LogP contribution in [0.2, 0.25) is 0 Å². The molecule has 1 aromatic rings. The Hall–Kier alpha value is -1.38. The van der Waals surface area contributed by atoms with Crippen molar-refractivity contribution in [3.8, 4) is 6.07 Å². The minimum Gasteiger partial charge on any atom is -0.334 e. The predicted octanol–water partition coefficient (Wildman–Crippen LogP) is 2.04. The third kappa shape index (κ3) is 2.96. The van der Waals surface area contributed by atoms with Gasteiger partial charge in [-0.25, -0.2) is 0 Å². The van der Waals surface area contributed by atoms with Gasteiger partial charge in [-0.15, -0.1) is 11.3 Å². The van der Waals surface area contributed by atoms with Crippen molar-refractivity contribution < 1.29 is 4.79 Å². The first-order valence-corrected chi connectivity index (χ1v) is 7.46. The third-order valence-corrected chi connectivity index (χ3v) is 4.54. The molecule has 1 aromatic heterocycles. The largest absolute Gasteiger partial charge is 0.334 e. The number of carbonyl (C=O) groups is 1. The highest BCUT2D eigenvalue weighted by Crippen LogP contribution is 2.35. The van der Waals surface area contributed by atoms with Crippen molar-refractivity contribution >= 4 is 17.2 Å². The second kappa shape index (κ2) is 6.18. The quantitative estimate of drug-likeness (QED) is 0.791. The van der Waals surface area contributed by atoms with Crippen LogP contribution in [0.25, 0.3) is 0 Å². The maximum absolute atomic E-state index is 12.4. The number of hydrogen-bond acceptors (Lipinski definition) is 4. The highest BCUT2D eigenvalue weighted by molar-refractivity contribution is 7.10. The van der Waals surface area contributed by atoms with Crippen LogP contribution in [0.5, 0.6) is 0 Å². The van der Waals surface area contributed by atoms with E-state index in [-0.39, 0.29) is 11.9 Å². The fourth-order valence-corrected chi connectivity index (χ4v) is 3.56. The van der Waals surface area contributed by atoms with Gasteiger partial charge in [0.2, 0.25) is 5.91 Å². The molecule has 0 fully saturated rings. The van der Waals surface area contributed by atoms with Gasteiger partial charge in [-0.05, 0) is 36.9 Å². The number of amides is 1.